The molecule has 106 valence electrons. The van der Waals surface area contributed by atoms with Crippen LogP contribution in [0.15, 0.2) is 23.0 Å². The fourth-order valence-electron chi connectivity index (χ4n) is 1.43. The number of amides is 2. The zero-order valence-electron chi connectivity index (χ0n) is 10.7. The highest BCUT2D eigenvalue weighted by atomic mass is 16.5. The maximum atomic E-state index is 11.5. The monoisotopic (exact) mass is 270 g/mol. The maximum Gasteiger partial charge on any atom is 0.254 e. The topological polar surface area (TPSA) is 101 Å². The Bertz CT molecular complexity index is 391. The van der Waals surface area contributed by atoms with Crippen LogP contribution in [0.3, 0.4) is 0 Å². The standard InChI is InChI=1S/C12H18N2O5/c1-18-8-10(6-15)14-11(16)2-4-13-12(17)9-3-5-19-7-9/h3,5,7,10,15H,2,4,6,8H2,1H3,(H,13,17)(H,14,16). The average Bonchev–Trinajstić information content (AvgIpc) is 2.92. The zero-order chi connectivity index (χ0) is 14.1. The lowest BCUT2D eigenvalue weighted by Gasteiger charge is -2.15. The van der Waals surface area contributed by atoms with Gasteiger partial charge >= 0.3 is 0 Å². The van der Waals surface area contributed by atoms with E-state index in [2.05, 4.69) is 10.6 Å². The molecule has 0 aliphatic carbocycles. The summed E-state index contributed by atoms with van der Waals surface area (Å²) in [5.74, 6) is -0.555. The Hall–Kier alpha value is -1.86. The Kier molecular flexibility index (Phi) is 6.62. The predicted octanol–water partition coefficient (Wildman–Crippen LogP) is -0.477. The van der Waals surface area contributed by atoms with Crippen molar-refractivity contribution < 1.29 is 23.8 Å². The molecule has 1 rings (SSSR count). The second-order valence-electron chi connectivity index (χ2n) is 3.92. The van der Waals surface area contributed by atoms with E-state index in [0.29, 0.717) is 5.56 Å². The van der Waals surface area contributed by atoms with Crippen LogP contribution in [0, 0.1) is 0 Å². The van der Waals surface area contributed by atoms with Crippen LogP contribution in [0.25, 0.3) is 0 Å². The molecule has 0 spiro atoms. The molecule has 0 bridgehead atoms. The predicted molar refractivity (Wildman–Crippen MR) is 66.6 cm³/mol. The SMILES string of the molecule is COCC(CO)NC(=O)CCNC(=O)c1ccoc1. The summed E-state index contributed by atoms with van der Waals surface area (Å²) in [6, 6.07) is 1.11. The van der Waals surface area contributed by atoms with Gasteiger partial charge in [-0.15, -0.1) is 0 Å². The van der Waals surface area contributed by atoms with Crippen molar-refractivity contribution in [3.8, 4) is 0 Å². The first-order valence-electron chi connectivity index (χ1n) is 5.87. The smallest absolute Gasteiger partial charge is 0.254 e. The minimum absolute atomic E-state index is 0.129. The van der Waals surface area contributed by atoms with Gasteiger partial charge in [-0.2, -0.15) is 0 Å². The number of rotatable bonds is 8. The number of aliphatic hydroxyl groups excluding tert-OH is 1. The van der Waals surface area contributed by atoms with Gasteiger partial charge in [-0.1, -0.05) is 0 Å². The number of methoxy groups -OCH3 is 1. The van der Waals surface area contributed by atoms with Gasteiger partial charge in [0.15, 0.2) is 0 Å². The van der Waals surface area contributed by atoms with Crippen molar-refractivity contribution in [3.63, 3.8) is 0 Å². The molecule has 7 heteroatoms. The molecule has 0 radical (unpaired) electrons. The van der Waals surface area contributed by atoms with E-state index in [4.69, 9.17) is 14.3 Å². The lowest BCUT2D eigenvalue weighted by molar-refractivity contribution is -0.122. The first kappa shape index (κ1) is 15.2. The maximum absolute atomic E-state index is 11.5. The fraction of sp³-hybridized carbons (Fsp3) is 0.500. The third kappa shape index (κ3) is 5.54. The Morgan fingerprint density at radius 3 is 2.89 bits per heavy atom. The van der Waals surface area contributed by atoms with E-state index >= 15 is 0 Å². The molecule has 1 atom stereocenters. The van der Waals surface area contributed by atoms with Crippen molar-refractivity contribution >= 4 is 11.8 Å². The van der Waals surface area contributed by atoms with Gasteiger partial charge in [0.2, 0.25) is 5.91 Å². The Morgan fingerprint density at radius 2 is 2.32 bits per heavy atom. The van der Waals surface area contributed by atoms with Crippen LogP contribution < -0.4 is 10.6 Å². The summed E-state index contributed by atoms with van der Waals surface area (Å²) in [6.45, 7) is 0.256. The molecule has 1 unspecified atom stereocenters. The number of aliphatic hydroxyl groups is 1. The molecule has 1 aromatic rings. The summed E-state index contributed by atoms with van der Waals surface area (Å²) >= 11 is 0. The normalized spacial score (nSPS) is 11.9. The molecule has 0 saturated heterocycles. The molecule has 0 aromatic carbocycles. The van der Waals surface area contributed by atoms with Crippen LogP contribution in [0.5, 0.6) is 0 Å². The number of carbonyl (C=O) groups is 2. The van der Waals surface area contributed by atoms with E-state index in [-0.39, 0.29) is 38.0 Å². The fourth-order valence-corrected chi connectivity index (χ4v) is 1.43. The van der Waals surface area contributed by atoms with E-state index < -0.39 is 6.04 Å². The number of furan rings is 1. The minimum atomic E-state index is -0.429. The molecule has 0 aliphatic heterocycles. The van der Waals surface area contributed by atoms with Crippen LogP contribution in [-0.2, 0) is 9.53 Å². The lowest BCUT2D eigenvalue weighted by Crippen LogP contribution is -2.41. The van der Waals surface area contributed by atoms with E-state index in [1.807, 2.05) is 0 Å². The summed E-state index contributed by atoms with van der Waals surface area (Å²) in [5, 5.41) is 14.1. The third-order valence-corrected chi connectivity index (χ3v) is 2.37. The van der Waals surface area contributed by atoms with Crippen molar-refractivity contribution in [1.29, 1.82) is 0 Å². The van der Waals surface area contributed by atoms with Crippen molar-refractivity contribution in [3.05, 3.63) is 24.2 Å². The molecule has 1 heterocycles. The number of ether oxygens (including phenoxy) is 1. The van der Waals surface area contributed by atoms with Crippen LogP contribution in [0.1, 0.15) is 16.8 Å². The highest BCUT2D eigenvalue weighted by Crippen LogP contribution is 1.98. The van der Waals surface area contributed by atoms with Gasteiger partial charge in [0.1, 0.15) is 6.26 Å². The first-order valence-corrected chi connectivity index (χ1v) is 5.87. The molecule has 19 heavy (non-hydrogen) atoms. The highest BCUT2D eigenvalue weighted by Gasteiger charge is 2.11. The summed E-state index contributed by atoms with van der Waals surface area (Å²) in [5.41, 5.74) is 0.410. The summed E-state index contributed by atoms with van der Waals surface area (Å²) in [7, 11) is 1.49. The molecule has 0 fully saturated rings. The molecule has 7 nitrogen and oxygen atoms in total. The van der Waals surface area contributed by atoms with Crippen molar-refractivity contribution in [1.82, 2.24) is 10.6 Å². The number of nitrogens with one attached hydrogen (secondary N) is 2. The van der Waals surface area contributed by atoms with Gasteiger partial charge in [-0.3, -0.25) is 9.59 Å². The highest BCUT2D eigenvalue weighted by molar-refractivity contribution is 5.94. The van der Waals surface area contributed by atoms with Gasteiger partial charge in [0, 0.05) is 20.1 Å². The molecule has 2 amide bonds. The van der Waals surface area contributed by atoms with Gasteiger partial charge in [0.25, 0.3) is 5.91 Å². The first-order chi connectivity index (χ1) is 9.17. The largest absolute Gasteiger partial charge is 0.472 e. The van der Waals surface area contributed by atoms with Gasteiger partial charge in [-0.25, -0.2) is 0 Å². The zero-order valence-corrected chi connectivity index (χ0v) is 10.7. The number of hydrogen-bond donors (Lipinski definition) is 3. The van der Waals surface area contributed by atoms with Crippen LogP contribution in [0.2, 0.25) is 0 Å². The summed E-state index contributed by atoms with van der Waals surface area (Å²) in [6.07, 6.45) is 2.86. The molecule has 1 aromatic heterocycles. The van der Waals surface area contributed by atoms with E-state index in [0.717, 1.165) is 0 Å². The van der Waals surface area contributed by atoms with E-state index in [9.17, 15) is 9.59 Å². The van der Waals surface area contributed by atoms with Crippen molar-refractivity contribution in [2.75, 3.05) is 26.9 Å². The number of carbonyl (C=O) groups excluding carboxylic acids is 2. The third-order valence-electron chi connectivity index (χ3n) is 2.37. The van der Waals surface area contributed by atoms with Crippen molar-refractivity contribution in [2.24, 2.45) is 0 Å². The average molecular weight is 270 g/mol. The van der Waals surface area contributed by atoms with Gasteiger partial charge in [0.05, 0.1) is 31.1 Å². The minimum Gasteiger partial charge on any atom is -0.472 e. The Morgan fingerprint density at radius 1 is 1.53 bits per heavy atom. The van der Waals surface area contributed by atoms with Gasteiger partial charge < -0.3 is 24.9 Å². The molecule has 0 aliphatic rings. The molecule has 3 N–H and O–H groups in total. The Balaban J connectivity index is 2.21. The van der Waals surface area contributed by atoms with Gasteiger partial charge in [-0.05, 0) is 6.07 Å². The summed E-state index contributed by atoms with van der Waals surface area (Å²) in [4.78, 5) is 23.0. The second kappa shape index (κ2) is 8.28. The van der Waals surface area contributed by atoms with E-state index in [1.54, 1.807) is 0 Å². The lowest BCUT2D eigenvalue weighted by atomic mass is 10.3. The van der Waals surface area contributed by atoms with Crippen LogP contribution in [0.4, 0.5) is 0 Å². The quantitative estimate of drug-likeness (QED) is 0.592. The molecular weight excluding hydrogens is 252 g/mol. The van der Waals surface area contributed by atoms with Crippen LogP contribution >= 0.6 is 0 Å². The molecule has 0 saturated carbocycles. The van der Waals surface area contributed by atoms with E-state index in [1.165, 1.54) is 25.7 Å². The Labute approximate surface area is 110 Å². The number of hydrogen-bond acceptors (Lipinski definition) is 5. The second-order valence-corrected chi connectivity index (χ2v) is 3.92. The van der Waals surface area contributed by atoms with Crippen LogP contribution in [-0.4, -0.2) is 49.8 Å². The summed E-state index contributed by atoms with van der Waals surface area (Å²) < 4.78 is 9.61. The molecular formula is C12H18N2O5. The van der Waals surface area contributed by atoms with Crippen molar-refractivity contribution in [2.45, 2.75) is 12.5 Å².